The van der Waals surface area contributed by atoms with Crippen LogP contribution in [0.2, 0.25) is 0 Å². The van der Waals surface area contributed by atoms with Crippen LogP contribution >= 0.6 is 0 Å². The summed E-state index contributed by atoms with van der Waals surface area (Å²) in [5.41, 5.74) is 3.17. The number of ketones is 1. The Hall–Kier alpha value is -2.66. The molecule has 19 heavy (non-hydrogen) atoms. The Bertz CT molecular complexity index is 678. The van der Waals surface area contributed by atoms with Gasteiger partial charge in [0.2, 0.25) is 0 Å². The van der Waals surface area contributed by atoms with E-state index >= 15 is 0 Å². The van der Waals surface area contributed by atoms with Gasteiger partial charge in [-0.05, 0) is 30.7 Å². The third kappa shape index (κ3) is 3.40. The van der Waals surface area contributed by atoms with E-state index in [1.165, 1.54) is 6.08 Å². The number of carbonyl (C=O) groups excluding carboxylic acids is 1. The number of benzene rings is 2. The molecule has 0 N–H and O–H groups in total. The number of carbonyl (C=O) groups is 1. The Labute approximate surface area is 112 Å². The zero-order valence-corrected chi connectivity index (χ0v) is 10.6. The summed E-state index contributed by atoms with van der Waals surface area (Å²) in [6.45, 7) is 2.01. The first kappa shape index (κ1) is 12.8. The highest BCUT2D eigenvalue weighted by atomic mass is 16.1. The molecule has 2 heteroatoms. The molecule has 0 amide bonds. The van der Waals surface area contributed by atoms with Crippen molar-refractivity contribution < 1.29 is 4.79 Å². The van der Waals surface area contributed by atoms with Crippen LogP contribution < -0.4 is 0 Å². The molecule has 0 aliphatic rings. The Morgan fingerprint density at radius 2 is 1.95 bits per heavy atom. The molecule has 0 aromatic heterocycles. The second-order valence-electron chi connectivity index (χ2n) is 4.30. The molecule has 0 spiro atoms. The number of hydrogen-bond acceptors (Lipinski definition) is 2. The molecule has 0 aliphatic heterocycles. The first-order valence-corrected chi connectivity index (χ1v) is 5.98. The average Bonchev–Trinajstić information content (AvgIpc) is 2.45. The fourth-order valence-electron chi connectivity index (χ4n) is 1.78. The molecule has 2 aromatic rings. The van der Waals surface area contributed by atoms with E-state index in [1.54, 1.807) is 30.3 Å². The van der Waals surface area contributed by atoms with Gasteiger partial charge in [-0.15, -0.1) is 0 Å². The maximum absolute atomic E-state index is 12.0. The normalized spacial score (nSPS) is 10.3. The van der Waals surface area contributed by atoms with Crippen molar-refractivity contribution in [1.82, 2.24) is 0 Å². The maximum Gasteiger partial charge on any atom is 0.185 e. The van der Waals surface area contributed by atoms with Crippen LogP contribution in [-0.4, -0.2) is 5.78 Å². The monoisotopic (exact) mass is 247 g/mol. The molecule has 92 valence electrons. The van der Waals surface area contributed by atoms with Crippen LogP contribution in [-0.2, 0) is 0 Å². The summed E-state index contributed by atoms with van der Waals surface area (Å²) in [4.78, 5) is 12.0. The summed E-state index contributed by atoms with van der Waals surface area (Å²) in [5, 5.41) is 8.80. The highest BCUT2D eigenvalue weighted by Gasteiger charge is 2.02. The lowest BCUT2D eigenvalue weighted by molar-refractivity contribution is 0.104. The lowest BCUT2D eigenvalue weighted by atomic mass is 10.1. The molecule has 0 heterocycles. The zero-order valence-electron chi connectivity index (χ0n) is 10.6. The SMILES string of the molecule is Cc1cccc(/C=C/C(=O)c2cccc(C#N)c2)c1. The van der Waals surface area contributed by atoms with Gasteiger partial charge >= 0.3 is 0 Å². The van der Waals surface area contributed by atoms with E-state index in [2.05, 4.69) is 0 Å². The van der Waals surface area contributed by atoms with E-state index in [4.69, 9.17) is 5.26 Å². The molecule has 0 aliphatic carbocycles. The second-order valence-corrected chi connectivity index (χ2v) is 4.30. The topological polar surface area (TPSA) is 40.9 Å². The number of nitriles is 1. The van der Waals surface area contributed by atoms with Crippen molar-refractivity contribution in [2.45, 2.75) is 6.92 Å². The van der Waals surface area contributed by atoms with Crippen molar-refractivity contribution in [3.05, 3.63) is 76.9 Å². The van der Waals surface area contributed by atoms with Crippen molar-refractivity contribution >= 4 is 11.9 Å². The van der Waals surface area contributed by atoms with Crippen molar-refractivity contribution in [2.75, 3.05) is 0 Å². The van der Waals surface area contributed by atoms with Crippen molar-refractivity contribution in [3.8, 4) is 6.07 Å². The van der Waals surface area contributed by atoms with E-state index in [9.17, 15) is 4.79 Å². The molecule has 2 rings (SSSR count). The molecule has 2 nitrogen and oxygen atoms in total. The van der Waals surface area contributed by atoms with Crippen LogP contribution in [0.15, 0.2) is 54.6 Å². The molecular formula is C17H13NO. The first-order chi connectivity index (χ1) is 9.19. The van der Waals surface area contributed by atoms with Gasteiger partial charge in [0.25, 0.3) is 0 Å². The number of nitrogens with zero attached hydrogens (tertiary/aromatic N) is 1. The Morgan fingerprint density at radius 1 is 1.16 bits per heavy atom. The van der Waals surface area contributed by atoms with Crippen LogP contribution in [0.3, 0.4) is 0 Å². The van der Waals surface area contributed by atoms with Crippen LogP contribution in [0.5, 0.6) is 0 Å². The quantitative estimate of drug-likeness (QED) is 0.612. The fraction of sp³-hybridized carbons (Fsp3) is 0.0588. The highest BCUT2D eigenvalue weighted by Crippen LogP contribution is 2.09. The molecule has 0 bridgehead atoms. The summed E-state index contributed by atoms with van der Waals surface area (Å²) in [6.07, 6.45) is 3.32. The first-order valence-electron chi connectivity index (χ1n) is 5.98. The van der Waals surface area contributed by atoms with Crippen molar-refractivity contribution in [1.29, 1.82) is 5.26 Å². The number of rotatable bonds is 3. The van der Waals surface area contributed by atoms with E-state index < -0.39 is 0 Å². The van der Waals surface area contributed by atoms with Crippen LogP contribution in [0.4, 0.5) is 0 Å². The minimum atomic E-state index is -0.0985. The van der Waals surface area contributed by atoms with Gasteiger partial charge in [-0.2, -0.15) is 5.26 Å². The largest absolute Gasteiger partial charge is 0.289 e. The minimum absolute atomic E-state index is 0.0985. The van der Waals surface area contributed by atoms with Crippen molar-refractivity contribution in [3.63, 3.8) is 0 Å². The molecule has 2 aromatic carbocycles. The summed E-state index contributed by atoms with van der Waals surface area (Å²) >= 11 is 0. The number of allylic oxidation sites excluding steroid dienone is 1. The lowest BCUT2D eigenvalue weighted by Crippen LogP contribution is -1.94. The van der Waals surface area contributed by atoms with Gasteiger partial charge in [-0.25, -0.2) is 0 Å². The van der Waals surface area contributed by atoms with Gasteiger partial charge in [0.15, 0.2) is 5.78 Å². The number of hydrogen-bond donors (Lipinski definition) is 0. The Balaban J connectivity index is 2.19. The maximum atomic E-state index is 12.0. The lowest BCUT2D eigenvalue weighted by Gasteiger charge is -1.97. The van der Waals surface area contributed by atoms with Gasteiger partial charge in [0.05, 0.1) is 11.6 Å². The fourth-order valence-corrected chi connectivity index (χ4v) is 1.78. The summed E-state index contributed by atoms with van der Waals surface area (Å²) in [6, 6.07) is 16.7. The van der Waals surface area contributed by atoms with Gasteiger partial charge in [-0.1, -0.05) is 48.0 Å². The van der Waals surface area contributed by atoms with Gasteiger partial charge in [-0.3, -0.25) is 4.79 Å². The predicted octanol–water partition coefficient (Wildman–Crippen LogP) is 3.76. The van der Waals surface area contributed by atoms with Crippen LogP contribution in [0.25, 0.3) is 6.08 Å². The highest BCUT2D eigenvalue weighted by molar-refractivity contribution is 6.07. The summed E-state index contributed by atoms with van der Waals surface area (Å²) in [7, 11) is 0. The van der Waals surface area contributed by atoms with E-state index in [0.717, 1.165) is 11.1 Å². The third-order valence-electron chi connectivity index (χ3n) is 2.75. The van der Waals surface area contributed by atoms with Gasteiger partial charge < -0.3 is 0 Å². The average molecular weight is 247 g/mol. The zero-order chi connectivity index (χ0) is 13.7. The Kier molecular flexibility index (Phi) is 3.90. The van der Waals surface area contributed by atoms with E-state index in [-0.39, 0.29) is 5.78 Å². The molecule has 0 atom stereocenters. The summed E-state index contributed by atoms with van der Waals surface area (Å²) < 4.78 is 0. The van der Waals surface area contributed by atoms with E-state index in [1.807, 2.05) is 37.3 Å². The van der Waals surface area contributed by atoms with Crippen LogP contribution in [0.1, 0.15) is 27.0 Å². The smallest absolute Gasteiger partial charge is 0.185 e. The standard InChI is InChI=1S/C17H13NO/c1-13-4-2-5-14(10-13)8-9-17(19)16-7-3-6-15(11-16)12-18/h2-11H,1H3/b9-8+. The molecule has 0 saturated carbocycles. The predicted molar refractivity (Wildman–Crippen MR) is 75.7 cm³/mol. The van der Waals surface area contributed by atoms with Gasteiger partial charge in [0, 0.05) is 5.56 Å². The molecule has 0 saturated heterocycles. The van der Waals surface area contributed by atoms with Gasteiger partial charge in [0.1, 0.15) is 0 Å². The second kappa shape index (κ2) is 5.79. The Morgan fingerprint density at radius 3 is 2.68 bits per heavy atom. The summed E-state index contributed by atoms with van der Waals surface area (Å²) in [5.74, 6) is -0.0985. The molecular weight excluding hydrogens is 234 g/mol. The van der Waals surface area contributed by atoms with Crippen LogP contribution in [0, 0.1) is 18.3 Å². The molecule has 0 fully saturated rings. The minimum Gasteiger partial charge on any atom is -0.289 e. The van der Waals surface area contributed by atoms with Crippen molar-refractivity contribution in [2.24, 2.45) is 0 Å². The number of aryl methyl sites for hydroxylation is 1. The molecule has 0 radical (unpaired) electrons. The van der Waals surface area contributed by atoms with E-state index in [0.29, 0.717) is 11.1 Å². The third-order valence-corrected chi connectivity index (χ3v) is 2.75. The molecule has 0 unspecified atom stereocenters.